The molecule has 0 radical (unpaired) electrons. The average molecular weight is 308 g/mol. The molecule has 0 aliphatic heterocycles. The average Bonchev–Trinajstić information content (AvgIpc) is 2.87. The number of hydrogen-bond donors (Lipinski definition) is 1. The topological polar surface area (TPSA) is 42.7 Å². The number of aromatic nitrogens is 3. The quantitative estimate of drug-likeness (QED) is 0.761. The molecule has 1 N–H and O–H groups in total. The highest BCUT2D eigenvalue weighted by molar-refractivity contribution is 7.99. The first-order chi connectivity index (χ1) is 10.2. The highest BCUT2D eigenvalue weighted by Gasteiger charge is 2.13. The number of halogens is 1. The van der Waals surface area contributed by atoms with Crippen LogP contribution in [-0.4, -0.2) is 33.1 Å². The maximum absolute atomic E-state index is 13.2. The van der Waals surface area contributed by atoms with Crippen molar-refractivity contribution in [1.82, 2.24) is 20.1 Å². The lowest BCUT2D eigenvalue weighted by molar-refractivity contribution is 0.526. The highest BCUT2D eigenvalue weighted by Crippen LogP contribution is 2.20. The molecule has 0 spiro atoms. The van der Waals surface area contributed by atoms with E-state index in [1.165, 1.54) is 6.07 Å². The lowest BCUT2D eigenvalue weighted by Gasteiger charge is -2.17. The summed E-state index contributed by atoms with van der Waals surface area (Å²) in [5.74, 6) is 1.64. The first kappa shape index (κ1) is 16.0. The normalized spacial score (nSPS) is 12.5. The summed E-state index contributed by atoms with van der Waals surface area (Å²) in [6, 6.07) is 7.02. The highest BCUT2D eigenvalue weighted by atomic mass is 32.2. The number of nitrogens with one attached hydrogen (secondary N) is 1. The Kier molecular flexibility index (Phi) is 6.20. The van der Waals surface area contributed by atoms with E-state index < -0.39 is 0 Å². The van der Waals surface area contributed by atoms with Crippen molar-refractivity contribution in [2.24, 2.45) is 7.05 Å². The first-order valence-electron chi connectivity index (χ1n) is 7.13. The van der Waals surface area contributed by atoms with Crippen molar-refractivity contribution < 1.29 is 4.39 Å². The molecule has 1 atom stereocenters. The second-order valence-corrected chi connectivity index (χ2v) is 6.02. The molecule has 2 aromatic rings. The Hall–Kier alpha value is -1.40. The standard InChI is InChI=1S/C15H21FN4S/c1-3-7-17-13(9-15-18-11-19-20(15)2)10-21-14-6-4-5-12(16)8-14/h4-6,8,11,13,17H,3,7,9-10H2,1-2H3. The monoisotopic (exact) mass is 308 g/mol. The van der Waals surface area contributed by atoms with E-state index >= 15 is 0 Å². The summed E-state index contributed by atoms with van der Waals surface area (Å²) >= 11 is 1.66. The predicted octanol–water partition coefficient (Wildman–Crippen LogP) is 2.66. The van der Waals surface area contributed by atoms with E-state index in [-0.39, 0.29) is 5.82 Å². The van der Waals surface area contributed by atoms with Crippen LogP contribution in [0.4, 0.5) is 4.39 Å². The van der Waals surface area contributed by atoms with Gasteiger partial charge in [0.15, 0.2) is 0 Å². The molecule has 1 aromatic heterocycles. The minimum Gasteiger partial charge on any atom is -0.313 e. The van der Waals surface area contributed by atoms with Gasteiger partial charge in [0.1, 0.15) is 18.0 Å². The Morgan fingerprint density at radius 3 is 2.95 bits per heavy atom. The number of hydrogen-bond acceptors (Lipinski definition) is 4. The number of thioether (sulfide) groups is 1. The van der Waals surface area contributed by atoms with E-state index in [1.54, 1.807) is 34.9 Å². The van der Waals surface area contributed by atoms with E-state index in [2.05, 4.69) is 22.3 Å². The van der Waals surface area contributed by atoms with Crippen molar-refractivity contribution >= 4 is 11.8 Å². The van der Waals surface area contributed by atoms with Crippen molar-refractivity contribution in [3.05, 3.63) is 42.2 Å². The van der Waals surface area contributed by atoms with Crippen LogP contribution in [0.2, 0.25) is 0 Å². The maximum Gasteiger partial charge on any atom is 0.138 e. The number of rotatable bonds is 8. The molecule has 0 saturated heterocycles. The van der Waals surface area contributed by atoms with Gasteiger partial charge in [0.2, 0.25) is 0 Å². The fraction of sp³-hybridized carbons (Fsp3) is 0.467. The van der Waals surface area contributed by atoms with Crippen molar-refractivity contribution in [3.8, 4) is 0 Å². The van der Waals surface area contributed by atoms with Gasteiger partial charge in [-0.3, -0.25) is 4.68 Å². The van der Waals surface area contributed by atoms with Crippen LogP contribution in [0.1, 0.15) is 19.2 Å². The minimum absolute atomic E-state index is 0.189. The third-order valence-corrected chi connectivity index (χ3v) is 4.32. The zero-order chi connectivity index (χ0) is 15.1. The lowest BCUT2D eigenvalue weighted by atomic mass is 10.2. The maximum atomic E-state index is 13.2. The molecule has 0 aliphatic carbocycles. The van der Waals surface area contributed by atoms with Gasteiger partial charge in [-0.15, -0.1) is 11.8 Å². The molecule has 0 bridgehead atoms. The zero-order valence-corrected chi connectivity index (χ0v) is 13.2. The summed E-state index contributed by atoms with van der Waals surface area (Å²) in [6.07, 6.45) is 3.48. The predicted molar refractivity (Wildman–Crippen MR) is 83.9 cm³/mol. The van der Waals surface area contributed by atoms with Gasteiger partial charge < -0.3 is 5.32 Å². The van der Waals surface area contributed by atoms with Crippen molar-refractivity contribution in [3.63, 3.8) is 0 Å². The van der Waals surface area contributed by atoms with Gasteiger partial charge in [-0.2, -0.15) is 5.10 Å². The Bertz CT molecular complexity index is 558. The molecular formula is C15H21FN4S. The van der Waals surface area contributed by atoms with Crippen LogP contribution in [0.5, 0.6) is 0 Å². The smallest absolute Gasteiger partial charge is 0.138 e. The van der Waals surface area contributed by atoms with Gasteiger partial charge in [-0.05, 0) is 31.2 Å². The molecule has 0 fully saturated rings. The van der Waals surface area contributed by atoms with E-state index in [4.69, 9.17) is 0 Å². The second-order valence-electron chi connectivity index (χ2n) is 4.92. The van der Waals surface area contributed by atoms with E-state index in [0.29, 0.717) is 6.04 Å². The molecule has 114 valence electrons. The summed E-state index contributed by atoms with van der Waals surface area (Å²) in [5.41, 5.74) is 0. The molecule has 6 heteroatoms. The van der Waals surface area contributed by atoms with Crippen LogP contribution in [0.25, 0.3) is 0 Å². The van der Waals surface area contributed by atoms with Gasteiger partial charge in [-0.25, -0.2) is 9.37 Å². The molecule has 0 aliphatic rings. The second kappa shape index (κ2) is 8.14. The van der Waals surface area contributed by atoms with Gasteiger partial charge in [0.25, 0.3) is 0 Å². The molecule has 1 heterocycles. The van der Waals surface area contributed by atoms with Gasteiger partial charge >= 0.3 is 0 Å². The minimum atomic E-state index is -0.189. The van der Waals surface area contributed by atoms with Crippen molar-refractivity contribution in [1.29, 1.82) is 0 Å². The third-order valence-electron chi connectivity index (χ3n) is 3.16. The van der Waals surface area contributed by atoms with Crippen LogP contribution >= 0.6 is 11.8 Å². The molecule has 1 aromatic carbocycles. The zero-order valence-electron chi connectivity index (χ0n) is 12.4. The first-order valence-corrected chi connectivity index (χ1v) is 8.12. The van der Waals surface area contributed by atoms with Crippen LogP contribution in [-0.2, 0) is 13.5 Å². The number of nitrogens with zero attached hydrogens (tertiary/aromatic N) is 3. The van der Waals surface area contributed by atoms with Crippen LogP contribution in [0.3, 0.4) is 0 Å². The Morgan fingerprint density at radius 1 is 1.43 bits per heavy atom. The molecule has 0 saturated carbocycles. The van der Waals surface area contributed by atoms with Crippen LogP contribution in [0, 0.1) is 5.82 Å². The Morgan fingerprint density at radius 2 is 2.29 bits per heavy atom. The van der Waals surface area contributed by atoms with Gasteiger partial charge in [0, 0.05) is 30.2 Å². The van der Waals surface area contributed by atoms with Crippen LogP contribution in [0.15, 0.2) is 35.5 Å². The molecule has 4 nitrogen and oxygen atoms in total. The fourth-order valence-electron chi connectivity index (χ4n) is 2.02. The molecule has 0 amide bonds. The Balaban J connectivity index is 1.94. The summed E-state index contributed by atoms with van der Waals surface area (Å²) in [6.45, 7) is 3.11. The van der Waals surface area contributed by atoms with Gasteiger partial charge in [0.05, 0.1) is 0 Å². The van der Waals surface area contributed by atoms with E-state index in [0.717, 1.165) is 35.9 Å². The van der Waals surface area contributed by atoms with Crippen molar-refractivity contribution in [2.45, 2.75) is 30.7 Å². The molecule has 21 heavy (non-hydrogen) atoms. The molecule has 2 rings (SSSR count). The number of aryl methyl sites for hydroxylation is 1. The number of benzene rings is 1. The summed E-state index contributed by atoms with van der Waals surface area (Å²) in [7, 11) is 1.90. The Labute approximate surface area is 129 Å². The molecule has 1 unspecified atom stereocenters. The summed E-state index contributed by atoms with van der Waals surface area (Å²) in [5, 5.41) is 7.63. The van der Waals surface area contributed by atoms with Gasteiger partial charge in [-0.1, -0.05) is 13.0 Å². The largest absolute Gasteiger partial charge is 0.313 e. The van der Waals surface area contributed by atoms with E-state index in [9.17, 15) is 4.39 Å². The van der Waals surface area contributed by atoms with E-state index in [1.807, 2.05) is 13.1 Å². The fourth-order valence-corrected chi connectivity index (χ4v) is 3.02. The van der Waals surface area contributed by atoms with Crippen LogP contribution < -0.4 is 5.32 Å². The van der Waals surface area contributed by atoms with Crippen molar-refractivity contribution in [2.75, 3.05) is 12.3 Å². The summed E-state index contributed by atoms with van der Waals surface area (Å²) < 4.78 is 15.0. The third kappa shape index (κ3) is 5.13. The summed E-state index contributed by atoms with van der Waals surface area (Å²) in [4.78, 5) is 5.23. The lowest BCUT2D eigenvalue weighted by Crippen LogP contribution is -2.34. The molecular weight excluding hydrogens is 287 g/mol. The SMILES string of the molecule is CCCNC(CSc1cccc(F)c1)Cc1ncnn1C.